The van der Waals surface area contributed by atoms with Crippen molar-refractivity contribution in [2.24, 2.45) is 0 Å². The van der Waals surface area contributed by atoms with Crippen molar-refractivity contribution in [2.75, 3.05) is 24.2 Å². The Bertz CT molecular complexity index is 344. The predicted molar refractivity (Wildman–Crippen MR) is 53.9 cm³/mol. The highest BCUT2D eigenvalue weighted by Crippen LogP contribution is 2.18. The molecular weight excluding hydrogens is 204 g/mol. The van der Waals surface area contributed by atoms with Gasteiger partial charge in [0.25, 0.3) is 5.92 Å². The van der Waals surface area contributed by atoms with Crippen molar-refractivity contribution in [3.05, 3.63) is 17.8 Å². The number of aliphatic hydroxyl groups is 1. The molecule has 4 N–H and O–H groups in total. The van der Waals surface area contributed by atoms with Crippen LogP contribution in [0.4, 0.5) is 20.3 Å². The van der Waals surface area contributed by atoms with Gasteiger partial charge in [0.05, 0.1) is 12.2 Å². The molecule has 1 aromatic heterocycles. The zero-order valence-corrected chi connectivity index (χ0v) is 8.30. The predicted octanol–water partition coefficient (Wildman–Crippen LogP) is 1.01. The third-order valence-corrected chi connectivity index (χ3v) is 1.80. The average Bonchev–Trinajstić information content (AvgIpc) is 2.16. The van der Waals surface area contributed by atoms with E-state index in [9.17, 15) is 8.78 Å². The summed E-state index contributed by atoms with van der Waals surface area (Å²) in [6.07, 6.45) is 1.52. The largest absolute Gasteiger partial charge is 0.396 e. The number of rotatable bonds is 4. The molecule has 84 valence electrons. The van der Waals surface area contributed by atoms with Gasteiger partial charge in [0, 0.05) is 6.20 Å². The number of aliphatic hydroxyl groups excluding tert-OH is 1. The van der Waals surface area contributed by atoms with Crippen molar-refractivity contribution >= 4 is 11.5 Å². The monoisotopic (exact) mass is 217 g/mol. The first-order chi connectivity index (χ1) is 6.94. The molecule has 0 fully saturated rings. The van der Waals surface area contributed by atoms with Crippen LogP contribution >= 0.6 is 0 Å². The molecule has 0 bridgehead atoms. The van der Waals surface area contributed by atoms with Gasteiger partial charge in [0.15, 0.2) is 0 Å². The second-order valence-electron chi connectivity index (χ2n) is 3.32. The summed E-state index contributed by atoms with van der Waals surface area (Å²) in [5.74, 6) is -2.97. The number of nitrogens with one attached hydrogen (secondary N) is 1. The lowest BCUT2D eigenvalue weighted by molar-refractivity contribution is -0.0373. The molecule has 0 aromatic carbocycles. The Kier molecular flexibility index (Phi) is 3.41. The second-order valence-corrected chi connectivity index (χ2v) is 3.32. The third kappa shape index (κ3) is 3.32. The average molecular weight is 217 g/mol. The van der Waals surface area contributed by atoms with Crippen molar-refractivity contribution in [3.8, 4) is 0 Å². The number of hydrogen-bond acceptors (Lipinski definition) is 4. The summed E-state index contributed by atoms with van der Waals surface area (Å²) in [5, 5.41) is 10.7. The van der Waals surface area contributed by atoms with Crippen LogP contribution in [0.5, 0.6) is 0 Å². The standard InChI is InChI=1S/C9H13F2N3O/c1-6-2-7(12)8(13-3-6)14-4-9(10,11)5-15/h2-3,15H,4-5,12H2,1H3,(H,13,14). The molecule has 0 saturated carbocycles. The van der Waals surface area contributed by atoms with Crippen LogP contribution in [-0.2, 0) is 0 Å². The van der Waals surface area contributed by atoms with Gasteiger partial charge in [-0.25, -0.2) is 13.8 Å². The molecule has 1 aromatic rings. The molecular formula is C9H13F2N3O. The highest BCUT2D eigenvalue weighted by Gasteiger charge is 2.27. The molecule has 0 unspecified atom stereocenters. The smallest absolute Gasteiger partial charge is 0.287 e. The maximum atomic E-state index is 12.7. The minimum absolute atomic E-state index is 0.203. The summed E-state index contributed by atoms with van der Waals surface area (Å²) in [6.45, 7) is -0.0923. The topological polar surface area (TPSA) is 71.2 Å². The molecule has 15 heavy (non-hydrogen) atoms. The number of nitrogens with zero attached hydrogens (tertiary/aromatic N) is 1. The van der Waals surface area contributed by atoms with E-state index >= 15 is 0 Å². The molecule has 0 atom stereocenters. The SMILES string of the molecule is Cc1cnc(NCC(F)(F)CO)c(N)c1. The summed E-state index contributed by atoms with van der Waals surface area (Å²) in [5.41, 5.74) is 6.72. The summed E-state index contributed by atoms with van der Waals surface area (Å²) in [4.78, 5) is 3.86. The van der Waals surface area contributed by atoms with E-state index < -0.39 is 19.1 Å². The van der Waals surface area contributed by atoms with Crippen LogP contribution in [0.25, 0.3) is 0 Å². The van der Waals surface area contributed by atoms with E-state index in [0.29, 0.717) is 5.69 Å². The number of pyridine rings is 1. The summed E-state index contributed by atoms with van der Waals surface area (Å²) >= 11 is 0. The molecule has 0 aliphatic carbocycles. The van der Waals surface area contributed by atoms with Crippen LogP contribution in [0.1, 0.15) is 5.56 Å². The Morgan fingerprint density at radius 2 is 2.27 bits per heavy atom. The first kappa shape index (κ1) is 11.6. The third-order valence-electron chi connectivity index (χ3n) is 1.80. The van der Waals surface area contributed by atoms with Gasteiger partial charge in [-0.05, 0) is 18.6 Å². The van der Waals surface area contributed by atoms with Gasteiger partial charge in [0.2, 0.25) is 0 Å². The number of halogens is 2. The van der Waals surface area contributed by atoms with Gasteiger partial charge < -0.3 is 16.2 Å². The molecule has 0 saturated heterocycles. The first-order valence-corrected chi connectivity index (χ1v) is 4.39. The number of aromatic nitrogens is 1. The quantitative estimate of drug-likeness (QED) is 0.704. The lowest BCUT2D eigenvalue weighted by Crippen LogP contribution is -2.31. The molecule has 6 heteroatoms. The Labute approximate surface area is 86.1 Å². The lowest BCUT2D eigenvalue weighted by Gasteiger charge is -2.15. The number of hydrogen-bond donors (Lipinski definition) is 3. The first-order valence-electron chi connectivity index (χ1n) is 4.39. The molecule has 1 heterocycles. The Morgan fingerprint density at radius 3 is 2.80 bits per heavy atom. The van der Waals surface area contributed by atoms with Crippen LogP contribution in [0.2, 0.25) is 0 Å². The summed E-state index contributed by atoms with van der Waals surface area (Å²) < 4.78 is 25.3. The number of alkyl halides is 2. The van der Waals surface area contributed by atoms with Crippen molar-refractivity contribution in [2.45, 2.75) is 12.8 Å². The summed E-state index contributed by atoms with van der Waals surface area (Å²) in [6, 6.07) is 1.63. The number of aryl methyl sites for hydroxylation is 1. The highest BCUT2D eigenvalue weighted by molar-refractivity contribution is 5.61. The Hall–Kier alpha value is -1.43. The second kappa shape index (κ2) is 4.39. The van der Waals surface area contributed by atoms with Crippen molar-refractivity contribution in [3.63, 3.8) is 0 Å². The summed E-state index contributed by atoms with van der Waals surface area (Å²) in [7, 11) is 0. The number of nitrogen functional groups attached to an aromatic ring is 1. The molecule has 0 aliphatic rings. The number of nitrogens with two attached hydrogens (primary N) is 1. The normalized spacial score (nSPS) is 11.5. The van der Waals surface area contributed by atoms with Crippen LogP contribution < -0.4 is 11.1 Å². The van der Waals surface area contributed by atoms with Gasteiger partial charge >= 0.3 is 0 Å². The highest BCUT2D eigenvalue weighted by atomic mass is 19.3. The van der Waals surface area contributed by atoms with Gasteiger partial charge in [-0.3, -0.25) is 0 Å². The molecule has 1 rings (SSSR count). The molecule has 0 radical (unpaired) electrons. The van der Waals surface area contributed by atoms with Crippen LogP contribution in [0.15, 0.2) is 12.3 Å². The Balaban J connectivity index is 2.66. The lowest BCUT2D eigenvalue weighted by atomic mass is 10.3. The molecule has 0 amide bonds. The van der Waals surface area contributed by atoms with E-state index in [-0.39, 0.29) is 5.82 Å². The van der Waals surface area contributed by atoms with Gasteiger partial charge in [0.1, 0.15) is 12.4 Å². The fraction of sp³-hybridized carbons (Fsp3) is 0.444. The van der Waals surface area contributed by atoms with E-state index in [1.54, 1.807) is 13.0 Å². The van der Waals surface area contributed by atoms with E-state index in [4.69, 9.17) is 10.8 Å². The van der Waals surface area contributed by atoms with E-state index in [1.165, 1.54) is 6.20 Å². The molecule has 0 aliphatic heterocycles. The van der Waals surface area contributed by atoms with Crippen LogP contribution in [0, 0.1) is 6.92 Å². The van der Waals surface area contributed by atoms with Crippen molar-refractivity contribution in [1.82, 2.24) is 4.98 Å². The minimum atomic E-state index is -3.17. The van der Waals surface area contributed by atoms with Crippen LogP contribution in [0.3, 0.4) is 0 Å². The molecule has 4 nitrogen and oxygen atoms in total. The van der Waals surface area contributed by atoms with E-state index in [1.807, 2.05) is 0 Å². The van der Waals surface area contributed by atoms with E-state index in [2.05, 4.69) is 10.3 Å². The van der Waals surface area contributed by atoms with Gasteiger partial charge in [-0.2, -0.15) is 0 Å². The maximum absolute atomic E-state index is 12.7. The molecule has 0 spiro atoms. The van der Waals surface area contributed by atoms with Crippen molar-refractivity contribution < 1.29 is 13.9 Å². The van der Waals surface area contributed by atoms with Gasteiger partial charge in [-0.1, -0.05) is 0 Å². The van der Waals surface area contributed by atoms with Crippen LogP contribution in [-0.4, -0.2) is 29.2 Å². The fourth-order valence-corrected chi connectivity index (χ4v) is 1.01. The fourth-order valence-electron chi connectivity index (χ4n) is 1.01. The zero-order chi connectivity index (χ0) is 11.5. The minimum Gasteiger partial charge on any atom is -0.396 e. The number of anilines is 2. The Morgan fingerprint density at radius 1 is 1.60 bits per heavy atom. The van der Waals surface area contributed by atoms with Gasteiger partial charge in [-0.15, -0.1) is 0 Å². The zero-order valence-electron chi connectivity index (χ0n) is 8.30. The van der Waals surface area contributed by atoms with Crippen molar-refractivity contribution in [1.29, 1.82) is 0 Å². The van der Waals surface area contributed by atoms with E-state index in [0.717, 1.165) is 5.56 Å². The maximum Gasteiger partial charge on any atom is 0.287 e.